The molecule has 29 heavy (non-hydrogen) atoms. The van der Waals surface area contributed by atoms with Gasteiger partial charge in [0, 0.05) is 23.8 Å². The Morgan fingerprint density at radius 1 is 1.31 bits per heavy atom. The second-order valence-electron chi connectivity index (χ2n) is 7.71. The molecule has 2 heterocycles. The highest BCUT2D eigenvalue weighted by Crippen LogP contribution is 2.48. The van der Waals surface area contributed by atoms with Crippen LogP contribution in [0.15, 0.2) is 52.9 Å². The third-order valence-corrected chi connectivity index (χ3v) is 5.74. The number of aryl methyl sites for hydroxylation is 1. The lowest BCUT2D eigenvalue weighted by Crippen LogP contribution is -2.28. The quantitative estimate of drug-likeness (QED) is 0.525. The monoisotopic (exact) mass is 391 g/mol. The van der Waals surface area contributed by atoms with E-state index >= 15 is 0 Å². The van der Waals surface area contributed by atoms with Gasteiger partial charge in [0.25, 0.3) is 0 Å². The first kappa shape index (κ1) is 17.9. The van der Waals surface area contributed by atoms with Gasteiger partial charge in [-0.05, 0) is 56.7 Å². The molecule has 2 aromatic carbocycles. The van der Waals surface area contributed by atoms with E-state index in [1.54, 1.807) is 12.1 Å². The highest BCUT2D eigenvalue weighted by atomic mass is 19.1. The SMILES string of the molecule is CCn1c([C@H]2C[C@@H]2C(=O)NC(C)c2cc3cc(F)ccc3o2)nc2ccccc21. The van der Waals surface area contributed by atoms with Gasteiger partial charge in [-0.2, -0.15) is 0 Å². The van der Waals surface area contributed by atoms with Crippen LogP contribution in [-0.4, -0.2) is 15.5 Å². The Kier molecular flexibility index (Phi) is 4.15. The van der Waals surface area contributed by atoms with Crippen molar-refractivity contribution >= 4 is 27.9 Å². The summed E-state index contributed by atoms with van der Waals surface area (Å²) >= 11 is 0. The molecule has 2 aromatic heterocycles. The number of amides is 1. The van der Waals surface area contributed by atoms with E-state index in [0.717, 1.165) is 29.8 Å². The second kappa shape index (κ2) is 6.72. The van der Waals surface area contributed by atoms with Gasteiger partial charge >= 0.3 is 0 Å². The number of halogens is 1. The third kappa shape index (κ3) is 3.09. The summed E-state index contributed by atoms with van der Waals surface area (Å²) in [5.74, 6) is 1.36. The largest absolute Gasteiger partial charge is 0.459 e. The summed E-state index contributed by atoms with van der Waals surface area (Å²) in [7, 11) is 0. The lowest BCUT2D eigenvalue weighted by Gasteiger charge is -2.11. The normalized spacial score (nSPS) is 19.6. The number of hydrogen-bond acceptors (Lipinski definition) is 3. The molecule has 1 fully saturated rings. The fourth-order valence-electron chi connectivity index (χ4n) is 4.12. The molecule has 4 aromatic rings. The Labute approximate surface area is 167 Å². The molecule has 0 spiro atoms. The molecule has 0 radical (unpaired) electrons. The number of nitrogens with one attached hydrogen (secondary N) is 1. The first-order chi connectivity index (χ1) is 14.0. The van der Waals surface area contributed by atoms with Gasteiger partial charge in [-0.1, -0.05) is 12.1 Å². The zero-order chi connectivity index (χ0) is 20.1. The minimum absolute atomic E-state index is 0.00356. The molecule has 148 valence electrons. The first-order valence-corrected chi connectivity index (χ1v) is 9.99. The predicted octanol–water partition coefficient (Wildman–Crippen LogP) is 4.92. The number of aromatic nitrogens is 2. The molecule has 1 aliphatic rings. The number of nitrogens with zero attached hydrogens (tertiary/aromatic N) is 2. The molecule has 1 unspecified atom stereocenters. The van der Waals surface area contributed by atoms with Crippen LogP contribution in [0.4, 0.5) is 4.39 Å². The molecule has 3 atom stereocenters. The first-order valence-electron chi connectivity index (χ1n) is 9.99. The number of fused-ring (bicyclic) bond motifs is 2. The van der Waals surface area contributed by atoms with Gasteiger partial charge in [-0.15, -0.1) is 0 Å². The van der Waals surface area contributed by atoms with Crippen molar-refractivity contribution in [1.29, 1.82) is 0 Å². The second-order valence-corrected chi connectivity index (χ2v) is 7.71. The zero-order valence-corrected chi connectivity index (χ0v) is 16.4. The third-order valence-electron chi connectivity index (χ3n) is 5.74. The van der Waals surface area contributed by atoms with E-state index in [1.807, 2.05) is 25.1 Å². The maximum Gasteiger partial charge on any atom is 0.224 e. The van der Waals surface area contributed by atoms with Gasteiger partial charge < -0.3 is 14.3 Å². The zero-order valence-electron chi connectivity index (χ0n) is 16.4. The molecule has 6 heteroatoms. The molecule has 1 N–H and O–H groups in total. The number of benzene rings is 2. The van der Waals surface area contributed by atoms with E-state index in [9.17, 15) is 9.18 Å². The van der Waals surface area contributed by atoms with Crippen molar-refractivity contribution in [2.45, 2.75) is 38.8 Å². The van der Waals surface area contributed by atoms with Gasteiger partial charge in [0.05, 0.1) is 17.1 Å². The predicted molar refractivity (Wildman–Crippen MR) is 109 cm³/mol. The van der Waals surface area contributed by atoms with E-state index in [0.29, 0.717) is 16.7 Å². The van der Waals surface area contributed by atoms with Crippen LogP contribution in [0.1, 0.15) is 43.8 Å². The lowest BCUT2D eigenvalue weighted by molar-refractivity contribution is -0.123. The summed E-state index contributed by atoms with van der Waals surface area (Å²) < 4.78 is 21.4. The van der Waals surface area contributed by atoms with Gasteiger partial charge in [0.2, 0.25) is 5.91 Å². The van der Waals surface area contributed by atoms with Gasteiger partial charge in [0.1, 0.15) is 23.0 Å². The molecule has 1 amide bonds. The smallest absolute Gasteiger partial charge is 0.224 e. The van der Waals surface area contributed by atoms with Crippen molar-refractivity contribution < 1.29 is 13.6 Å². The van der Waals surface area contributed by atoms with Crippen molar-refractivity contribution in [2.24, 2.45) is 5.92 Å². The summed E-state index contributed by atoms with van der Waals surface area (Å²) in [5.41, 5.74) is 2.70. The van der Waals surface area contributed by atoms with E-state index in [-0.39, 0.29) is 29.6 Å². The van der Waals surface area contributed by atoms with E-state index in [1.165, 1.54) is 12.1 Å². The topological polar surface area (TPSA) is 60.1 Å². The van der Waals surface area contributed by atoms with Crippen LogP contribution in [0.5, 0.6) is 0 Å². The van der Waals surface area contributed by atoms with E-state index < -0.39 is 0 Å². The Hall–Kier alpha value is -3.15. The minimum Gasteiger partial charge on any atom is -0.459 e. The fraction of sp³-hybridized carbons (Fsp3) is 0.304. The highest BCUT2D eigenvalue weighted by Gasteiger charge is 2.47. The maximum atomic E-state index is 13.4. The van der Waals surface area contributed by atoms with Crippen LogP contribution in [0.2, 0.25) is 0 Å². The minimum atomic E-state index is -0.304. The molecule has 0 aliphatic heterocycles. The Morgan fingerprint density at radius 3 is 2.97 bits per heavy atom. The van der Waals surface area contributed by atoms with Gasteiger partial charge in [0.15, 0.2) is 0 Å². The highest BCUT2D eigenvalue weighted by molar-refractivity contribution is 5.84. The molecule has 1 saturated carbocycles. The molecule has 5 nitrogen and oxygen atoms in total. The van der Waals surface area contributed by atoms with Gasteiger partial charge in [-0.25, -0.2) is 9.37 Å². The average Bonchev–Trinajstić information content (AvgIpc) is 3.25. The van der Waals surface area contributed by atoms with Crippen molar-refractivity contribution in [3.63, 3.8) is 0 Å². The number of para-hydroxylation sites is 2. The maximum absolute atomic E-state index is 13.4. The Balaban J connectivity index is 1.32. The van der Waals surface area contributed by atoms with Crippen LogP contribution >= 0.6 is 0 Å². The average molecular weight is 391 g/mol. The molecule has 0 bridgehead atoms. The van der Waals surface area contributed by atoms with E-state index in [2.05, 4.69) is 22.9 Å². The molecule has 1 aliphatic carbocycles. The molecule has 0 saturated heterocycles. The Bertz CT molecular complexity index is 1230. The fourth-order valence-corrected chi connectivity index (χ4v) is 4.12. The lowest BCUT2D eigenvalue weighted by atomic mass is 10.2. The number of carbonyl (C=O) groups is 1. The Morgan fingerprint density at radius 2 is 2.14 bits per heavy atom. The summed E-state index contributed by atoms with van der Waals surface area (Å²) in [6.45, 7) is 4.80. The molecular formula is C23H22FN3O2. The summed E-state index contributed by atoms with van der Waals surface area (Å²) in [6, 6.07) is 14.0. The van der Waals surface area contributed by atoms with Crippen LogP contribution in [0, 0.1) is 11.7 Å². The number of hydrogen-bond donors (Lipinski definition) is 1. The summed E-state index contributed by atoms with van der Waals surface area (Å²) in [5, 5.41) is 3.74. The van der Waals surface area contributed by atoms with Crippen molar-refractivity contribution in [3.8, 4) is 0 Å². The van der Waals surface area contributed by atoms with Crippen LogP contribution in [0.25, 0.3) is 22.0 Å². The summed E-state index contributed by atoms with van der Waals surface area (Å²) in [4.78, 5) is 17.6. The molecule has 5 rings (SSSR count). The standard InChI is InChI=1S/C23H22FN3O2/c1-3-27-19-7-5-4-6-18(19)26-22(27)16-12-17(16)23(28)25-13(2)21-11-14-10-15(24)8-9-20(14)29-21/h4-11,13,16-17H,3,12H2,1-2H3,(H,25,28)/t13?,16-,17-/m0/s1. The number of furan rings is 1. The number of imidazole rings is 1. The number of rotatable bonds is 5. The van der Waals surface area contributed by atoms with Crippen LogP contribution in [-0.2, 0) is 11.3 Å². The number of carbonyl (C=O) groups excluding carboxylic acids is 1. The van der Waals surface area contributed by atoms with E-state index in [4.69, 9.17) is 9.40 Å². The van der Waals surface area contributed by atoms with Crippen molar-refractivity contribution in [2.75, 3.05) is 0 Å². The summed E-state index contributed by atoms with van der Waals surface area (Å²) in [6.07, 6.45) is 0.799. The van der Waals surface area contributed by atoms with Crippen LogP contribution < -0.4 is 5.32 Å². The molecular weight excluding hydrogens is 369 g/mol. The van der Waals surface area contributed by atoms with Crippen LogP contribution in [0.3, 0.4) is 0 Å². The van der Waals surface area contributed by atoms with Crippen molar-refractivity contribution in [1.82, 2.24) is 14.9 Å². The van der Waals surface area contributed by atoms with Crippen molar-refractivity contribution in [3.05, 3.63) is 65.9 Å². The van der Waals surface area contributed by atoms with Gasteiger partial charge in [-0.3, -0.25) is 4.79 Å².